The van der Waals surface area contributed by atoms with Gasteiger partial charge in [-0.05, 0) is 31.4 Å². The number of nitrogens with zero attached hydrogens (tertiary/aromatic N) is 2. The molecule has 0 bridgehead atoms. The third-order valence-corrected chi connectivity index (χ3v) is 5.40. The van der Waals surface area contributed by atoms with Gasteiger partial charge in [-0.15, -0.1) is 0 Å². The predicted octanol–water partition coefficient (Wildman–Crippen LogP) is 0.959. The molecule has 6 nitrogen and oxygen atoms in total. The van der Waals surface area contributed by atoms with E-state index in [0.717, 1.165) is 0 Å². The molecule has 2 heterocycles. The highest BCUT2D eigenvalue weighted by Gasteiger charge is 2.26. The number of hydrogen-bond acceptors (Lipinski definition) is 3. The molecular weight excluding hydrogens is 290 g/mol. The van der Waals surface area contributed by atoms with Crippen LogP contribution in [0.2, 0.25) is 0 Å². The van der Waals surface area contributed by atoms with E-state index in [-0.39, 0.29) is 17.7 Å². The van der Waals surface area contributed by atoms with E-state index in [1.54, 1.807) is 15.5 Å². The third-order valence-electron chi connectivity index (χ3n) is 3.76. The molecule has 1 saturated heterocycles. The van der Waals surface area contributed by atoms with E-state index in [2.05, 4.69) is 4.72 Å². The highest BCUT2D eigenvalue weighted by Crippen LogP contribution is 2.15. The summed E-state index contributed by atoms with van der Waals surface area (Å²) >= 11 is 0. The van der Waals surface area contributed by atoms with Crippen LogP contribution >= 0.6 is 0 Å². The zero-order valence-electron chi connectivity index (χ0n) is 12.6. The molecule has 1 amide bonds. The molecule has 1 N–H and O–H groups in total. The van der Waals surface area contributed by atoms with Crippen LogP contribution in [0.5, 0.6) is 0 Å². The second-order valence-corrected chi connectivity index (χ2v) is 7.38. The standard InChI is InChI=1S/C14H23N3O3S/c1-3-11-21(19,20)15-12-6-9-17(10-7-12)14(18)13-5-4-8-16(13)2/h4-5,8,12,15H,3,6-7,9-11H2,1-2H3. The summed E-state index contributed by atoms with van der Waals surface area (Å²) in [5.41, 5.74) is 0.667. The van der Waals surface area contributed by atoms with Gasteiger partial charge in [-0.2, -0.15) is 0 Å². The van der Waals surface area contributed by atoms with Crippen LogP contribution in [0.25, 0.3) is 0 Å². The zero-order valence-corrected chi connectivity index (χ0v) is 13.4. The number of sulfonamides is 1. The van der Waals surface area contributed by atoms with Gasteiger partial charge in [0.05, 0.1) is 5.75 Å². The van der Waals surface area contributed by atoms with Gasteiger partial charge in [0.25, 0.3) is 5.91 Å². The minimum Gasteiger partial charge on any atom is -0.347 e. The van der Waals surface area contributed by atoms with Crippen molar-refractivity contribution in [3.63, 3.8) is 0 Å². The van der Waals surface area contributed by atoms with Crippen LogP contribution in [-0.4, -0.2) is 48.7 Å². The molecule has 0 aromatic carbocycles. The second-order valence-electron chi connectivity index (χ2n) is 5.51. The normalized spacial score (nSPS) is 17.1. The van der Waals surface area contributed by atoms with Gasteiger partial charge in [-0.3, -0.25) is 4.79 Å². The molecule has 21 heavy (non-hydrogen) atoms. The summed E-state index contributed by atoms with van der Waals surface area (Å²) in [5, 5.41) is 0. The first-order chi connectivity index (χ1) is 9.93. The summed E-state index contributed by atoms with van der Waals surface area (Å²) < 4.78 is 28.0. The molecule has 1 aromatic rings. The quantitative estimate of drug-likeness (QED) is 0.880. The maximum Gasteiger partial charge on any atom is 0.270 e. The predicted molar refractivity (Wildman–Crippen MR) is 81.6 cm³/mol. The Morgan fingerprint density at radius 3 is 2.57 bits per heavy atom. The Labute approximate surface area is 126 Å². The molecule has 7 heteroatoms. The molecule has 0 atom stereocenters. The Morgan fingerprint density at radius 1 is 1.38 bits per heavy atom. The van der Waals surface area contributed by atoms with E-state index < -0.39 is 10.0 Å². The highest BCUT2D eigenvalue weighted by atomic mass is 32.2. The lowest BCUT2D eigenvalue weighted by molar-refractivity contribution is 0.0701. The number of carbonyl (C=O) groups excluding carboxylic acids is 1. The monoisotopic (exact) mass is 313 g/mol. The fourth-order valence-electron chi connectivity index (χ4n) is 2.63. The van der Waals surface area contributed by atoms with Gasteiger partial charge in [-0.1, -0.05) is 6.92 Å². The number of rotatable bonds is 5. The average Bonchev–Trinajstić information content (AvgIpc) is 2.84. The van der Waals surface area contributed by atoms with Gasteiger partial charge in [0.2, 0.25) is 10.0 Å². The largest absolute Gasteiger partial charge is 0.347 e. The number of aromatic nitrogens is 1. The number of hydrogen-bond donors (Lipinski definition) is 1. The number of nitrogens with one attached hydrogen (secondary N) is 1. The molecule has 0 spiro atoms. The van der Waals surface area contributed by atoms with Crippen LogP contribution in [-0.2, 0) is 17.1 Å². The van der Waals surface area contributed by atoms with E-state index in [4.69, 9.17) is 0 Å². The minimum atomic E-state index is -3.18. The molecule has 0 aliphatic carbocycles. The van der Waals surface area contributed by atoms with Crippen LogP contribution in [0.3, 0.4) is 0 Å². The fourth-order valence-corrected chi connectivity index (χ4v) is 4.03. The van der Waals surface area contributed by atoms with Gasteiger partial charge in [0.15, 0.2) is 0 Å². The maximum absolute atomic E-state index is 12.3. The lowest BCUT2D eigenvalue weighted by Gasteiger charge is -2.32. The van der Waals surface area contributed by atoms with Crippen molar-refractivity contribution >= 4 is 15.9 Å². The molecule has 1 aromatic heterocycles. The smallest absolute Gasteiger partial charge is 0.270 e. The van der Waals surface area contributed by atoms with Crippen LogP contribution in [0, 0.1) is 0 Å². The highest BCUT2D eigenvalue weighted by molar-refractivity contribution is 7.89. The second kappa shape index (κ2) is 6.62. The van der Waals surface area contributed by atoms with E-state index in [0.29, 0.717) is 38.0 Å². The molecule has 1 fully saturated rings. The van der Waals surface area contributed by atoms with Crippen molar-refractivity contribution in [1.29, 1.82) is 0 Å². The number of aryl methyl sites for hydroxylation is 1. The minimum absolute atomic E-state index is 0.0114. The lowest BCUT2D eigenvalue weighted by atomic mass is 10.1. The van der Waals surface area contributed by atoms with E-state index >= 15 is 0 Å². The first kappa shape index (κ1) is 16.0. The Hall–Kier alpha value is -1.34. The van der Waals surface area contributed by atoms with E-state index in [1.165, 1.54) is 0 Å². The van der Waals surface area contributed by atoms with Gasteiger partial charge < -0.3 is 9.47 Å². The Balaban J connectivity index is 1.89. The molecule has 0 saturated carbocycles. The van der Waals surface area contributed by atoms with Crippen molar-refractivity contribution < 1.29 is 13.2 Å². The third kappa shape index (κ3) is 4.07. The van der Waals surface area contributed by atoms with Crippen molar-refractivity contribution in [2.75, 3.05) is 18.8 Å². The lowest BCUT2D eigenvalue weighted by Crippen LogP contribution is -2.47. The van der Waals surface area contributed by atoms with Crippen molar-refractivity contribution in [2.24, 2.45) is 7.05 Å². The number of carbonyl (C=O) groups is 1. The van der Waals surface area contributed by atoms with Crippen molar-refractivity contribution in [2.45, 2.75) is 32.2 Å². The van der Waals surface area contributed by atoms with Crippen LogP contribution in [0.15, 0.2) is 18.3 Å². The Bertz CT molecular complexity index is 586. The molecule has 118 valence electrons. The molecular formula is C14H23N3O3S. The van der Waals surface area contributed by atoms with Crippen molar-refractivity contribution in [1.82, 2.24) is 14.2 Å². The number of likely N-dealkylation sites (tertiary alicyclic amines) is 1. The van der Waals surface area contributed by atoms with E-state index in [9.17, 15) is 13.2 Å². The van der Waals surface area contributed by atoms with Crippen LogP contribution < -0.4 is 4.72 Å². The summed E-state index contributed by atoms with van der Waals surface area (Å²) in [4.78, 5) is 14.1. The van der Waals surface area contributed by atoms with Crippen molar-refractivity contribution in [3.05, 3.63) is 24.0 Å². The molecule has 0 radical (unpaired) electrons. The van der Waals surface area contributed by atoms with Crippen molar-refractivity contribution in [3.8, 4) is 0 Å². The topological polar surface area (TPSA) is 71.4 Å². The van der Waals surface area contributed by atoms with Gasteiger partial charge >= 0.3 is 0 Å². The Kier molecular flexibility index (Phi) is 5.05. The average molecular weight is 313 g/mol. The summed E-state index contributed by atoms with van der Waals surface area (Å²) in [7, 11) is -1.33. The Morgan fingerprint density at radius 2 is 2.05 bits per heavy atom. The maximum atomic E-state index is 12.3. The molecule has 2 rings (SSSR count). The number of amides is 1. The summed E-state index contributed by atoms with van der Waals surface area (Å²) in [6.45, 7) is 3.02. The molecule has 0 unspecified atom stereocenters. The van der Waals surface area contributed by atoms with Crippen LogP contribution in [0.4, 0.5) is 0 Å². The van der Waals surface area contributed by atoms with E-state index in [1.807, 2.05) is 26.2 Å². The molecule has 1 aliphatic rings. The summed E-state index contributed by atoms with van der Waals surface area (Å²) in [6, 6.07) is 3.59. The first-order valence-corrected chi connectivity index (χ1v) is 8.99. The van der Waals surface area contributed by atoms with Gasteiger partial charge in [0.1, 0.15) is 5.69 Å². The summed E-state index contributed by atoms with van der Waals surface area (Å²) in [5.74, 6) is 0.174. The SMILES string of the molecule is CCCS(=O)(=O)NC1CCN(C(=O)c2cccn2C)CC1. The van der Waals surface area contributed by atoms with Gasteiger partial charge in [-0.25, -0.2) is 13.1 Å². The molecule has 1 aliphatic heterocycles. The van der Waals surface area contributed by atoms with Crippen LogP contribution in [0.1, 0.15) is 36.7 Å². The zero-order chi connectivity index (χ0) is 15.5. The van der Waals surface area contributed by atoms with Gasteiger partial charge in [0, 0.05) is 32.4 Å². The fraction of sp³-hybridized carbons (Fsp3) is 0.643. The first-order valence-electron chi connectivity index (χ1n) is 7.33. The number of piperidine rings is 1. The summed E-state index contributed by atoms with van der Waals surface area (Å²) in [6.07, 6.45) is 3.79.